The van der Waals surface area contributed by atoms with Crippen molar-refractivity contribution in [2.45, 2.75) is 20.4 Å². The van der Waals surface area contributed by atoms with E-state index in [0.29, 0.717) is 19.0 Å². The van der Waals surface area contributed by atoms with E-state index >= 15 is 0 Å². The summed E-state index contributed by atoms with van der Waals surface area (Å²) >= 11 is 0. The van der Waals surface area contributed by atoms with Gasteiger partial charge in [-0.05, 0) is 44.2 Å². The van der Waals surface area contributed by atoms with Crippen LogP contribution in [0.15, 0.2) is 59.1 Å². The first-order valence-corrected chi connectivity index (χ1v) is 8.50. The molecule has 0 unspecified atom stereocenters. The van der Waals surface area contributed by atoms with Crippen molar-refractivity contribution >= 4 is 0 Å². The van der Waals surface area contributed by atoms with Gasteiger partial charge < -0.3 is 9.15 Å². The first kappa shape index (κ1) is 17.2. The van der Waals surface area contributed by atoms with Crippen molar-refractivity contribution in [3.8, 4) is 17.1 Å². The number of nitrogens with zero attached hydrogens (tertiary/aromatic N) is 2. The van der Waals surface area contributed by atoms with Gasteiger partial charge in [0.2, 0.25) is 5.89 Å². The van der Waals surface area contributed by atoms with E-state index in [1.807, 2.05) is 37.4 Å². The Hall–Kier alpha value is -2.59. The second-order valence-corrected chi connectivity index (χ2v) is 6.39. The molecular formula is C21H24N2O2. The summed E-state index contributed by atoms with van der Waals surface area (Å²) in [6.07, 6.45) is 1.78. The van der Waals surface area contributed by atoms with E-state index in [2.05, 4.69) is 41.9 Å². The maximum Gasteiger partial charge on any atom is 0.209 e. The van der Waals surface area contributed by atoms with Gasteiger partial charge in [0, 0.05) is 12.1 Å². The normalized spacial score (nSPS) is 11.0. The summed E-state index contributed by atoms with van der Waals surface area (Å²) in [7, 11) is 2.04. The van der Waals surface area contributed by atoms with Crippen molar-refractivity contribution in [3.63, 3.8) is 0 Å². The molecule has 130 valence electrons. The fourth-order valence-corrected chi connectivity index (χ4v) is 2.76. The molecule has 4 heteroatoms. The van der Waals surface area contributed by atoms with E-state index in [1.165, 1.54) is 11.1 Å². The van der Waals surface area contributed by atoms with Crippen molar-refractivity contribution in [3.05, 3.63) is 71.7 Å². The highest BCUT2D eigenvalue weighted by Gasteiger charge is 2.09. The largest absolute Gasteiger partial charge is 0.492 e. The standard InChI is InChI=1S/C21H24N2O2/c1-16-11-17(2)13-19(12-16)24-10-9-23(3)15-21-22-14-20(25-21)18-7-5-4-6-8-18/h4-8,11-14H,9-10,15H2,1-3H3. The molecule has 1 heterocycles. The summed E-state index contributed by atoms with van der Waals surface area (Å²) in [5.41, 5.74) is 3.48. The minimum atomic E-state index is 0.631. The van der Waals surface area contributed by atoms with Crippen LogP contribution in [-0.4, -0.2) is 30.1 Å². The Labute approximate surface area is 149 Å². The Kier molecular flexibility index (Phi) is 5.51. The molecule has 0 aliphatic carbocycles. The van der Waals surface area contributed by atoms with Crippen LogP contribution in [0.25, 0.3) is 11.3 Å². The molecule has 0 aliphatic heterocycles. The average molecular weight is 336 g/mol. The second-order valence-electron chi connectivity index (χ2n) is 6.39. The molecule has 0 fully saturated rings. The predicted molar refractivity (Wildman–Crippen MR) is 99.7 cm³/mol. The van der Waals surface area contributed by atoms with E-state index in [4.69, 9.17) is 9.15 Å². The molecule has 1 aromatic heterocycles. The molecule has 3 aromatic rings. The number of aromatic nitrogens is 1. The number of benzene rings is 2. The fraction of sp³-hybridized carbons (Fsp3) is 0.286. The lowest BCUT2D eigenvalue weighted by Crippen LogP contribution is -2.24. The first-order valence-electron chi connectivity index (χ1n) is 8.50. The smallest absolute Gasteiger partial charge is 0.209 e. The molecule has 0 atom stereocenters. The van der Waals surface area contributed by atoms with E-state index < -0.39 is 0 Å². The highest BCUT2D eigenvalue weighted by molar-refractivity contribution is 5.55. The molecule has 4 nitrogen and oxygen atoms in total. The van der Waals surface area contributed by atoms with Crippen LogP contribution < -0.4 is 4.74 Å². The average Bonchev–Trinajstić information content (AvgIpc) is 3.03. The van der Waals surface area contributed by atoms with Gasteiger partial charge in [0.15, 0.2) is 5.76 Å². The topological polar surface area (TPSA) is 38.5 Å². The summed E-state index contributed by atoms with van der Waals surface area (Å²) in [5, 5.41) is 0. The van der Waals surface area contributed by atoms with Crippen LogP contribution in [-0.2, 0) is 6.54 Å². The molecule has 0 amide bonds. The molecule has 0 saturated heterocycles. The SMILES string of the molecule is Cc1cc(C)cc(OCCN(C)Cc2ncc(-c3ccccc3)o2)c1. The van der Waals surface area contributed by atoms with Crippen molar-refractivity contribution in [1.29, 1.82) is 0 Å². The minimum absolute atomic E-state index is 0.631. The van der Waals surface area contributed by atoms with E-state index in [1.54, 1.807) is 6.20 Å². The third kappa shape index (κ3) is 4.94. The van der Waals surface area contributed by atoms with Crippen LogP contribution in [0.1, 0.15) is 17.0 Å². The van der Waals surface area contributed by atoms with Gasteiger partial charge in [-0.1, -0.05) is 36.4 Å². The van der Waals surface area contributed by atoms with Gasteiger partial charge in [0.05, 0.1) is 12.7 Å². The number of aryl methyl sites for hydroxylation is 2. The van der Waals surface area contributed by atoms with Crippen LogP contribution >= 0.6 is 0 Å². The summed E-state index contributed by atoms with van der Waals surface area (Å²) in [6.45, 7) is 6.25. The fourth-order valence-electron chi connectivity index (χ4n) is 2.76. The summed E-state index contributed by atoms with van der Waals surface area (Å²) < 4.78 is 11.7. The Bertz CT molecular complexity index is 792. The molecular weight excluding hydrogens is 312 g/mol. The maximum absolute atomic E-state index is 5.86. The Balaban J connectivity index is 1.49. The lowest BCUT2D eigenvalue weighted by molar-refractivity contribution is 0.220. The Morgan fingerprint density at radius 1 is 1.04 bits per heavy atom. The number of ether oxygens (including phenoxy) is 1. The molecule has 0 N–H and O–H groups in total. The molecule has 0 spiro atoms. The highest BCUT2D eigenvalue weighted by atomic mass is 16.5. The van der Waals surface area contributed by atoms with Crippen molar-refractivity contribution in [2.24, 2.45) is 0 Å². The van der Waals surface area contributed by atoms with Gasteiger partial charge in [-0.15, -0.1) is 0 Å². The first-order chi connectivity index (χ1) is 12.1. The Morgan fingerprint density at radius 3 is 2.48 bits per heavy atom. The number of hydrogen-bond acceptors (Lipinski definition) is 4. The molecule has 0 aliphatic rings. The quantitative estimate of drug-likeness (QED) is 0.638. The zero-order valence-electron chi connectivity index (χ0n) is 15.0. The van der Waals surface area contributed by atoms with Gasteiger partial charge in [-0.2, -0.15) is 0 Å². The van der Waals surface area contributed by atoms with Gasteiger partial charge in [-0.3, -0.25) is 4.90 Å². The molecule has 25 heavy (non-hydrogen) atoms. The van der Waals surface area contributed by atoms with Gasteiger partial charge in [0.25, 0.3) is 0 Å². The third-order valence-electron chi connectivity index (χ3n) is 3.95. The van der Waals surface area contributed by atoms with Crippen LogP contribution in [0.3, 0.4) is 0 Å². The zero-order chi connectivity index (χ0) is 17.6. The number of rotatable bonds is 7. The van der Waals surface area contributed by atoms with Crippen LogP contribution in [0, 0.1) is 13.8 Å². The van der Waals surface area contributed by atoms with Crippen molar-refractivity contribution < 1.29 is 9.15 Å². The number of oxazole rings is 1. The Morgan fingerprint density at radius 2 is 1.76 bits per heavy atom. The molecule has 0 bridgehead atoms. The van der Waals surface area contributed by atoms with Crippen molar-refractivity contribution in [2.75, 3.05) is 20.2 Å². The third-order valence-corrected chi connectivity index (χ3v) is 3.95. The summed E-state index contributed by atoms with van der Waals surface area (Å²) in [5.74, 6) is 2.44. The minimum Gasteiger partial charge on any atom is -0.492 e. The van der Waals surface area contributed by atoms with E-state index in [9.17, 15) is 0 Å². The lowest BCUT2D eigenvalue weighted by Gasteiger charge is -2.15. The van der Waals surface area contributed by atoms with E-state index in [-0.39, 0.29) is 0 Å². The second kappa shape index (κ2) is 7.99. The van der Waals surface area contributed by atoms with Gasteiger partial charge >= 0.3 is 0 Å². The van der Waals surface area contributed by atoms with Crippen molar-refractivity contribution in [1.82, 2.24) is 9.88 Å². The number of hydrogen-bond donors (Lipinski definition) is 0. The zero-order valence-corrected chi connectivity index (χ0v) is 15.0. The van der Waals surface area contributed by atoms with Crippen LogP contribution in [0.4, 0.5) is 0 Å². The summed E-state index contributed by atoms with van der Waals surface area (Å²) in [4.78, 5) is 6.51. The highest BCUT2D eigenvalue weighted by Crippen LogP contribution is 2.20. The molecule has 2 aromatic carbocycles. The predicted octanol–water partition coefficient (Wildman–Crippen LogP) is 4.47. The van der Waals surface area contributed by atoms with Crippen LogP contribution in [0.2, 0.25) is 0 Å². The van der Waals surface area contributed by atoms with Crippen LogP contribution in [0.5, 0.6) is 5.75 Å². The summed E-state index contributed by atoms with van der Waals surface area (Å²) in [6, 6.07) is 16.3. The van der Waals surface area contributed by atoms with Gasteiger partial charge in [0.1, 0.15) is 12.4 Å². The monoisotopic (exact) mass is 336 g/mol. The molecule has 0 saturated carbocycles. The lowest BCUT2D eigenvalue weighted by atomic mass is 10.1. The molecule has 0 radical (unpaired) electrons. The maximum atomic E-state index is 5.86. The van der Waals surface area contributed by atoms with E-state index in [0.717, 1.165) is 23.6 Å². The van der Waals surface area contributed by atoms with Gasteiger partial charge in [-0.25, -0.2) is 4.98 Å². The number of likely N-dealkylation sites (N-methyl/N-ethyl adjacent to an activating group) is 1. The molecule has 3 rings (SSSR count).